The first-order valence-corrected chi connectivity index (χ1v) is 8.85. The zero-order valence-corrected chi connectivity index (χ0v) is 14.5. The Morgan fingerprint density at radius 3 is 2.75 bits per heavy atom. The lowest BCUT2D eigenvalue weighted by Crippen LogP contribution is -2.49. The molecule has 0 aliphatic carbocycles. The second kappa shape index (κ2) is 5.87. The number of rotatable bonds is 4. The predicted molar refractivity (Wildman–Crippen MR) is 94.0 cm³/mol. The van der Waals surface area contributed by atoms with Crippen LogP contribution in [0.15, 0.2) is 42.7 Å². The molecule has 1 fully saturated rings. The summed E-state index contributed by atoms with van der Waals surface area (Å²) in [6.07, 6.45) is 5.78. The van der Waals surface area contributed by atoms with E-state index >= 15 is 0 Å². The number of carbonyl (C=O) groups excluding carboxylic acids is 1. The first-order valence-electron chi connectivity index (χ1n) is 8.47. The van der Waals surface area contributed by atoms with Crippen LogP contribution in [0.25, 0.3) is 0 Å². The number of hydrogen-bond acceptors (Lipinski definition) is 3. The van der Waals surface area contributed by atoms with Crippen molar-refractivity contribution in [2.75, 3.05) is 19.6 Å². The molecule has 4 rings (SSSR count). The van der Waals surface area contributed by atoms with Crippen LogP contribution in [0.4, 0.5) is 0 Å². The van der Waals surface area contributed by atoms with Crippen LogP contribution in [-0.2, 0) is 5.66 Å². The normalized spacial score (nSPS) is 22.8. The molecule has 1 unspecified atom stereocenters. The van der Waals surface area contributed by atoms with Gasteiger partial charge in [-0.05, 0) is 30.2 Å². The molecule has 2 aliphatic rings. The van der Waals surface area contributed by atoms with E-state index in [1.807, 2.05) is 41.4 Å². The van der Waals surface area contributed by atoms with Gasteiger partial charge in [0.15, 0.2) is 5.66 Å². The summed E-state index contributed by atoms with van der Waals surface area (Å²) >= 11 is 6.10. The molecule has 1 atom stereocenters. The number of benzene rings is 1. The summed E-state index contributed by atoms with van der Waals surface area (Å²) in [6, 6.07) is 9.72. The largest absolute Gasteiger partial charge is 0.311 e. The molecule has 0 saturated carbocycles. The summed E-state index contributed by atoms with van der Waals surface area (Å²) < 4.78 is 0. The number of pyridine rings is 1. The first-order chi connectivity index (χ1) is 11.7. The maximum atomic E-state index is 13.0. The van der Waals surface area contributed by atoms with E-state index < -0.39 is 5.66 Å². The number of aromatic nitrogens is 1. The Bertz CT molecular complexity index is 776. The van der Waals surface area contributed by atoms with Gasteiger partial charge in [0.2, 0.25) is 0 Å². The Balaban J connectivity index is 1.93. The third kappa shape index (κ3) is 2.03. The fraction of sp³-hybridized carbons (Fsp3) is 0.368. The number of carbonyl (C=O) groups is 1. The number of fused-ring (bicyclic) bond motifs is 3. The fourth-order valence-corrected chi connectivity index (χ4v) is 4.21. The zero-order valence-electron chi connectivity index (χ0n) is 13.7. The van der Waals surface area contributed by atoms with Gasteiger partial charge in [0.25, 0.3) is 5.91 Å². The third-order valence-electron chi connectivity index (χ3n) is 5.14. The van der Waals surface area contributed by atoms with E-state index in [0.717, 1.165) is 49.2 Å². The van der Waals surface area contributed by atoms with E-state index in [1.54, 1.807) is 6.20 Å². The summed E-state index contributed by atoms with van der Waals surface area (Å²) in [6.45, 7) is 4.76. The van der Waals surface area contributed by atoms with Crippen molar-refractivity contribution in [3.8, 4) is 0 Å². The monoisotopic (exact) mass is 341 g/mol. The molecule has 124 valence electrons. The molecule has 2 aliphatic heterocycles. The van der Waals surface area contributed by atoms with Crippen LogP contribution in [-0.4, -0.2) is 40.3 Å². The van der Waals surface area contributed by atoms with Crippen molar-refractivity contribution in [2.24, 2.45) is 0 Å². The van der Waals surface area contributed by atoms with Gasteiger partial charge in [-0.1, -0.05) is 37.1 Å². The predicted octanol–water partition coefficient (Wildman–Crippen LogP) is 3.51. The third-order valence-corrected chi connectivity index (χ3v) is 5.39. The van der Waals surface area contributed by atoms with E-state index in [1.165, 1.54) is 0 Å². The summed E-state index contributed by atoms with van der Waals surface area (Å²) in [5, 5.41) is 0.704. The van der Waals surface area contributed by atoms with Crippen molar-refractivity contribution in [3.05, 3.63) is 64.4 Å². The van der Waals surface area contributed by atoms with Crippen molar-refractivity contribution >= 4 is 17.5 Å². The van der Waals surface area contributed by atoms with E-state index in [-0.39, 0.29) is 5.91 Å². The molecule has 1 aromatic heterocycles. The van der Waals surface area contributed by atoms with Crippen LogP contribution in [0.1, 0.15) is 41.3 Å². The van der Waals surface area contributed by atoms with Gasteiger partial charge in [0.05, 0.1) is 0 Å². The van der Waals surface area contributed by atoms with Crippen LogP contribution in [0.5, 0.6) is 0 Å². The van der Waals surface area contributed by atoms with Gasteiger partial charge < -0.3 is 4.90 Å². The standard InChI is InChI=1S/C19H20ClN3O/c1-2-3-10-22-11-12-23-18(24)16-8-9-21-13-17(16)19(22,23)14-4-6-15(20)7-5-14/h4-9,13H,2-3,10-12H2,1H3. The van der Waals surface area contributed by atoms with Crippen LogP contribution < -0.4 is 0 Å². The van der Waals surface area contributed by atoms with Crippen molar-refractivity contribution in [1.29, 1.82) is 0 Å². The average molecular weight is 342 g/mol. The van der Waals surface area contributed by atoms with E-state index in [0.29, 0.717) is 5.02 Å². The van der Waals surface area contributed by atoms with E-state index in [2.05, 4.69) is 16.8 Å². The second-order valence-corrected chi connectivity index (χ2v) is 6.83. The molecule has 1 saturated heterocycles. The second-order valence-electron chi connectivity index (χ2n) is 6.40. The van der Waals surface area contributed by atoms with Gasteiger partial charge in [-0.25, -0.2) is 0 Å². The molecule has 0 N–H and O–H groups in total. The molecule has 24 heavy (non-hydrogen) atoms. The number of amides is 1. The Morgan fingerprint density at radius 1 is 1.21 bits per heavy atom. The fourth-order valence-electron chi connectivity index (χ4n) is 4.08. The Labute approximate surface area is 147 Å². The highest BCUT2D eigenvalue weighted by Crippen LogP contribution is 2.49. The molecule has 0 spiro atoms. The highest BCUT2D eigenvalue weighted by Gasteiger charge is 2.57. The zero-order chi connectivity index (χ0) is 16.7. The Kier molecular flexibility index (Phi) is 3.82. The highest BCUT2D eigenvalue weighted by atomic mass is 35.5. The van der Waals surface area contributed by atoms with E-state index in [9.17, 15) is 4.79 Å². The number of halogens is 1. The molecule has 0 radical (unpaired) electrons. The van der Waals surface area contributed by atoms with Gasteiger partial charge in [-0.2, -0.15) is 0 Å². The summed E-state index contributed by atoms with van der Waals surface area (Å²) in [7, 11) is 0. The molecule has 3 heterocycles. The minimum atomic E-state index is -0.541. The van der Waals surface area contributed by atoms with Gasteiger partial charge in [0, 0.05) is 48.2 Å². The SMILES string of the molecule is CCCCN1CCN2C(=O)c3ccncc3C12c1ccc(Cl)cc1. The van der Waals surface area contributed by atoms with Crippen molar-refractivity contribution in [1.82, 2.24) is 14.8 Å². The Morgan fingerprint density at radius 2 is 2.00 bits per heavy atom. The highest BCUT2D eigenvalue weighted by molar-refractivity contribution is 6.30. The summed E-state index contributed by atoms with van der Waals surface area (Å²) in [4.78, 5) is 21.7. The average Bonchev–Trinajstić information content (AvgIpc) is 3.10. The molecule has 2 aromatic rings. The molecule has 1 amide bonds. The minimum Gasteiger partial charge on any atom is -0.311 e. The number of nitrogens with zero attached hydrogens (tertiary/aromatic N) is 3. The topological polar surface area (TPSA) is 36.4 Å². The smallest absolute Gasteiger partial charge is 0.256 e. The van der Waals surface area contributed by atoms with Gasteiger partial charge in [0.1, 0.15) is 0 Å². The minimum absolute atomic E-state index is 0.0985. The van der Waals surface area contributed by atoms with Gasteiger partial charge in [-0.15, -0.1) is 0 Å². The first kappa shape index (κ1) is 15.6. The van der Waals surface area contributed by atoms with Crippen molar-refractivity contribution < 1.29 is 4.79 Å². The summed E-state index contributed by atoms with van der Waals surface area (Å²) in [5.74, 6) is 0.0985. The summed E-state index contributed by atoms with van der Waals surface area (Å²) in [5.41, 5.74) is 2.30. The van der Waals surface area contributed by atoms with Crippen LogP contribution >= 0.6 is 11.6 Å². The van der Waals surface area contributed by atoms with Gasteiger partial charge >= 0.3 is 0 Å². The van der Waals surface area contributed by atoms with E-state index in [4.69, 9.17) is 11.6 Å². The molecular weight excluding hydrogens is 322 g/mol. The lowest BCUT2D eigenvalue weighted by atomic mass is 9.91. The van der Waals surface area contributed by atoms with Crippen molar-refractivity contribution in [2.45, 2.75) is 25.4 Å². The van der Waals surface area contributed by atoms with Crippen molar-refractivity contribution in [3.63, 3.8) is 0 Å². The molecule has 5 heteroatoms. The van der Waals surface area contributed by atoms with Crippen LogP contribution in [0.3, 0.4) is 0 Å². The number of hydrogen-bond donors (Lipinski definition) is 0. The lowest BCUT2D eigenvalue weighted by molar-refractivity contribution is 0.0450. The Hall–Kier alpha value is -1.91. The molecule has 4 nitrogen and oxygen atoms in total. The lowest BCUT2D eigenvalue weighted by Gasteiger charge is -2.40. The number of unbranched alkanes of at least 4 members (excludes halogenated alkanes) is 1. The molecule has 1 aromatic carbocycles. The maximum absolute atomic E-state index is 13.0. The van der Waals surface area contributed by atoms with Crippen LogP contribution in [0.2, 0.25) is 5.02 Å². The molecular formula is C19H20ClN3O. The van der Waals surface area contributed by atoms with Crippen LogP contribution in [0, 0.1) is 0 Å². The quantitative estimate of drug-likeness (QED) is 0.854. The maximum Gasteiger partial charge on any atom is 0.256 e. The van der Waals surface area contributed by atoms with Gasteiger partial charge in [-0.3, -0.25) is 14.7 Å². The molecule has 0 bridgehead atoms.